The molecule has 0 spiro atoms. The molecule has 75 valence electrons. The van der Waals surface area contributed by atoms with Gasteiger partial charge in [0.25, 0.3) is 0 Å². The predicted octanol–water partition coefficient (Wildman–Crippen LogP) is 0.851. The number of phenols is 1. The lowest BCUT2D eigenvalue weighted by Gasteiger charge is -2.06. The van der Waals surface area contributed by atoms with Crippen molar-refractivity contribution in [2.75, 3.05) is 7.11 Å². The first-order chi connectivity index (χ1) is 6.63. The number of benzene rings is 1. The number of hydrogen-bond donors (Lipinski definition) is 2. The first kappa shape index (κ1) is 10.4. The lowest BCUT2D eigenvalue weighted by molar-refractivity contribution is -0.116. The van der Waals surface area contributed by atoms with Gasteiger partial charge in [-0.25, -0.2) is 0 Å². The van der Waals surface area contributed by atoms with Crippen molar-refractivity contribution in [1.29, 1.82) is 0 Å². The number of amides is 1. The second-order valence-corrected chi connectivity index (χ2v) is 2.78. The molecule has 2 N–H and O–H groups in total. The number of hydrogen-bond acceptors (Lipinski definition) is 3. The third kappa shape index (κ3) is 2.65. The normalized spacial score (nSPS) is 9.57. The van der Waals surface area contributed by atoms with Crippen LogP contribution < -0.4 is 10.1 Å². The summed E-state index contributed by atoms with van der Waals surface area (Å²) in [5, 5.41) is 11.8. The van der Waals surface area contributed by atoms with Gasteiger partial charge in [-0.1, -0.05) is 6.07 Å². The minimum absolute atomic E-state index is 0.0807. The highest BCUT2D eigenvalue weighted by Gasteiger charge is 2.02. The topological polar surface area (TPSA) is 58.6 Å². The molecule has 0 aliphatic heterocycles. The van der Waals surface area contributed by atoms with Crippen LogP contribution in [-0.2, 0) is 11.3 Å². The maximum absolute atomic E-state index is 10.5. The molecule has 0 fully saturated rings. The Bertz CT molecular complexity index is 336. The molecule has 0 heterocycles. The molecular weight excluding hydrogens is 182 g/mol. The number of phenolic OH excluding ortho intramolecular Hbond substituents is 1. The van der Waals surface area contributed by atoms with E-state index in [1.165, 1.54) is 13.2 Å². The summed E-state index contributed by atoms with van der Waals surface area (Å²) < 4.78 is 4.91. The van der Waals surface area contributed by atoms with Gasteiger partial charge in [-0.2, -0.15) is 0 Å². The van der Waals surface area contributed by atoms with E-state index in [9.17, 15) is 9.90 Å². The number of rotatable bonds is 3. The molecule has 4 nitrogen and oxygen atoms in total. The van der Waals surface area contributed by atoms with Gasteiger partial charge in [0, 0.05) is 13.5 Å². The highest BCUT2D eigenvalue weighted by Crippen LogP contribution is 2.25. The van der Waals surface area contributed by atoms with Crippen LogP contribution in [0.25, 0.3) is 0 Å². The van der Waals surface area contributed by atoms with Crippen molar-refractivity contribution in [3.63, 3.8) is 0 Å². The molecule has 0 aromatic heterocycles. The monoisotopic (exact) mass is 194 g/mol. The largest absolute Gasteiger partial charge is 0.504 e. The standard InChI is InChI=1S/C10H12NO3/c1-7(12)11-6-8-3-4-9(13)10(5-8)14-2/h3-5,13H,1,6H2,2H3,(H,11,12). The van der Waals surface area contributed by atoms with E-state index in [0.29, 0.717) is 12.3 Å². The van der Waals surface area contributed by atoms with E-state index in [2.05, 4.69) is 12.2 Å². The van der Waals surface area contributed by atoms with Crippen LogP contribution in [0.15, 0.2) is 18.2 Å². The second kappa shape index (κ2) is 4.50. The zero-order chi connectivity index (χ0) is 10.6. The average Bonchev–Trinajstić information content (AvgIpc) is 2.16. The maximum atomic E-state index is 10.5. The van der Waals surface area contributed by atoms with Crippen molar-refractivity contribution >= 4 is 5.91 Å². The third-order valence-corrected chi connectivity index (χ3v) is 1.73. The molecule has 0 unspecified atom stereocenters. The molecule has 1 rings (SSSR count). The van der Waals surface area contributed by atoms with Gasteiger partial charge >= 0.3 is 0 Å². The number of carbonyl (C=O) groups is 1. The van der Waals surface area contributed by atoms with Crippen LogP contribution in [0.3, 0.4) is 0 Å². The van der Waals surface area contributed by atoms with Crippen molar-refractivity contribution in [3.05, 3.63) is 30.7 Å². The summed E-state index contributed by atoms with van der Waals surface area (Å²) in [6, 6.07) is 4.88. The molecule has 0 aliphatic rings. The fourth-order valence-electron chi connectivity index (χ4n) is 1.03. The molecule has 0 saturated heterocycles. The van der Waals surface area contributed by atoms with Gasteiger partial charge in [-0.15, -0.1) is 0 Å². The summed E-state index contributed by atoms with van der Waals surface area (Å²) in [6.45, 7) is 3.56. The second-order valence-electron chi connectivity index (χ2n) is 2.78. The van der Waals surface area contributed by atoms with Gasteiger partial charge in [0.15, 0.2) is 11.5 Å². The van der Waals surface area contributed by atoms with Crippen LogP contribution in [0.4, 0.5) is 0 Å². The van der Waals surface area contributed by atoms with Crippen LogP contribution in [0.1, 0.15) is 5.56 Å². The van der Waals surface area contributed by atoms with Gasteiger partial charge in [-0.05, 0) is 17.7 Å². The Labute approximate surface area is 82.5 Å². The minimum atomic E-state index is -0.336. The maximum Gasteiger partial charge on any atom is 0.220 e. The molecule has 1 aromatic rings. The SMILES string of the molecule is [CH2]C(=O)NCc1ccc(O)c(OC)c1. The quantitative estimate of drug-likeness (QED) is 0.750. The lowest BCUT2D eigenvalue weighted by atomic mass is 10.2. The fraction of sp³-hybridized carbons (Fsp3) is 0.200. The van der Waals surface area contributed by atoms with E-state index in [4.69, 9.17) is 4.74 Å². The highest BCUT2D eigenvalue weighted by molar-refractivity contribution is 5.79. The minimum Gasteiger partial charge on any atom is -0.504 e. The molecular formula is C10H12NO3. The molecule has 1 aromatic carbocycles. The van der Waals surface area contributed by atoms with E-state index in [1.807, 2.05) is 0 Å². The van der Waals surface area contributed by atoms with Crippen molar-refractivity contribution in [1.82, 2.24) is 5.32 Å². The Morgan fingerprint density at radius 1 is 1.64 bits per heavy atom. The van der Waals surface area contributed by atoms with Crippen molar-refractivity contribution in [3.8, 4) is 11.5 Å². The van der Waals surface area contributed by atoms with E-state index >= 15 is 0 Å². The molecule has 0 saturated carbocycles. The van der Waals surface area contributed by atoms with Gasteiger partial charge in [0.1, 0.15) is 0 Å². The number of carbonyl (C=O) groups excluding carboxylic acids is 1. The Morgan fingerprint density at radius 2 is 2.36 bits per heavy atom. The molecule has 1 amide bonds. The number of aromatic hydroxyl groups is 1. The average molecular weight is 194 g/mol. The number of nitrogens with one attached hydrogen (secondary N) is 1. The summed E-state index contributed by atoms with van der Waals surface area (Å²) in [7, 11) is 1.47. The molecule has 0 atom stereocenters. The molecule has 4 heteroatoms. The summed E-state index contributed by atoms with van der Waals surface area (Å²) in [4.78, 5) is 10.5. The Kier molecular flexibility index (Phi) is 3.34. The van der Waals surface area contributed by atoms with E-state index in [1.54, 1.807) is 12.1 Å². The first-order valence-electron chi connectivity index (χ1n) is 4.09. The van der Waals surface area contributed by atoms with E-state index in [0.717, 1.165) is 5.56 Å². The lowest BCUT2D eigenvalue weighted by Crippen LogP contribution is -2.19. The van der Waals surface area contributed by atoms with Gasteiger partial charge in [-0.3, -0.25) is 4.79 Å². The Hall–Kier alpha value is -1.71. The summed E-state index contributed by atoms with van der Waals surface area (Å²) in [5.74, 6) is 0.134. The van der Waals surface area contributed by atoms with Crippen LogP contribution in [-0.4, -0.2) is 18.1 Å². The Morgan fingerprint density at radius 3 is 2.93 bits per heavy atom. The summed E-state index contributed by atoms with van der Waals surface area (Å²) in [5.41, 5.74) is 0.844. The van der Waals surface area contributed by atoms with Gasteiger partial charge in [0.05, 0.1) is 7.11 Å². The van der Waals surface area contributed by atoms with E-state index < -0.39 is 0 Å². The number of ether oxygens (including phenoxy) is 1. The summed E-state index contributed by atoms with van der Waals surface area (Å²) >= 11 is 0. The first-order valence-corrected chi connectivity index (χ1v) is 4.09. The third-order valence-electron chi connectivity index (χ3n) is 1.73. The van der Waals surface area contributed by atoms with Crippen molar-refractivity contribution in [2.24, 2.45) is 0 Å². The van der Waals surface area contributed by atoms with Crippen LogP contribution in [0.2, 0.25) is 0 Å². The molecule has 1 radical (unpaired) electrons. The smallest absolute Gasteiger partial charge is 0.220 e. The molecule has 0 aliphatic carbocycles. The van der Waals surface area contributed by atoms with Crippen molar-refractivity contribution < 1.29 is 14.6 Å². The zero-order valence-corrected chi connectivity index (χ0v) is 7.91. The predicted molar refractivity (Wildman–Crippen MR) is 51.9 cm³/mol. The van der Waals surface area contributed by atoms with Gasteiger partial charge in [0.2, 0.25) is 5.91 Å². The number of methoxy groups -OCH3 is 1. The highest BCUT2D eigenvalue weighted by atomic mass is 16.5. The molecule has 0 bridgehead atoms. The zero-order valence-electron chi connectivity index (χ0n) is 7.91. The Balaban J connectivity index is 2.74. The van der Waals surface area contributed by atoms with Crippen LogP contribution >= 0.6 is 0 Å². The van der Waals surface area contributed by atoms with Crippen molar-refractivity contribution in [2.45, 2.75) is 6.54 Å². The van der Waals surface area contributed by atoms with Crippen LogP contribution in [0, 0.1) is 6.92 Å². The van der Waals surface area contributed by atoms with E-state index in [-0.39, 0.29) is 11.7 Å². The fourth-order valence-corrected chi connectivity index (χ4v) is 1.03. The van der Waals surface area contributed by atoms with Crippen LogP contribution in [0.5, 0.6) is 11.5 Å². The molecule has 14 heavy (non-hydrogen) atoms. The summed E-state index contributed by atoms with van der Waals surface area (Å²) in [6.07, 6.45) is 0. The van der Waals surface area contributed by atoms with Gasteiger partial charge < -0.3 is 15.2 Å².